The Hall–Kier alpha value is -2.11. The molecule has 20 heavy (non-hydrogen) atoms. The van der Waals surface area contributed by atoms with Gasteiger partial charge in [-0.1, -0.05) is 0 Å². The highest BCUT2D eigenvalue weighted by Crippen LogP contribution is 2.20. The summed E-state index contributed by atoms with van der Waals surface area (Å²) >= 11 is 0. The Labute approximate surface area is 116 Å². The fraction of sp³-hybridized carbons (Fsp3) is 0.429. The van der Waals surface area contributed by atoms with Crippen LogP contribution in [0.25, 0.3) is 0 Å². The number of aliphatic carboxylic acids is 1. The zero-order valence-electron chi connectivity index (χ0n) is 11.7. The summed E-state index contributed by atoms with van der Waals surface area (Å²) in [5, 5.41) is 11.5. The summed E-state index contributed by atoms with van der Waals surface area (Å²) in [6, 6.07) is 3.91. The number of carbonyl (C=O) groups is 2. The van der Waals surface area contributed by atoms with Crippen molar-refractivity contribution in [1.29, 1.82) is 0 Å². The molecule has 0 aliphatic heterocycles. The van der Waals surface area contributed by atoms with Crippen molar-refractivity contribution in [3.05, 3.63) is 29.6 Å². The Morgan fingerprint density at radius 3 is 2.60 bits per heavy atom. The fourth-order valence-electron chi connectivity index (χ4n) is 1.52. The van der Waals surface area contributed by atoms with Crippen LogP contribution in [0.2, 0.25) is 0 Å². The van der Waals surface area contributed by atoms with Gasteiger partial charge in [-0.15, -0.1) is 0 Å². The van der Waals surface area contributed by atoms with Crippen molar-refractivity contribution in [3.63, 3.8) is 0 Å². The van der Waals surface area contributed by atoms with Crippen molar-refractivity contribution < 1.29 is 23.8 Å². The van der Waals surface area contributed by atoms with E-state index in [1.54, 1.807) is 0 Å². The van der Waals surface area contributed by atoms with Crippen LogP contribution < -0.4 is 10.1 Å². The Morgan fingerprint density at radius 1 is 1.40 bits per heavy atom. The summed E-state index contributed by atoms with van der Waals surface area (Å²) in [7, 11) is 1.43. The molecule has 0 aromatic heterocycles. The Bertz CT molecular complexity index is 514. The molecule has 0 bridgehead atoms. The minimum atomic E-state index is -1.05. The first kappa shape index (κ1) is 15.9. The minimum absolute atomic E-state index is 0.00119. The van der Waals surface area contributed by atoms with Gasteiger partial charge >= 0.3 is 5.97 Å². The summed E-state index contributed by atoms with van der Waals surface area (Å²) in [6.07, 6.45) is -0.0728. The first-order chi connectivity index (χ1) is 9.26. The van der Waals surface area contributed by atoms with Crippen molar-refractivity contribution in [2.75, 3.05) is 13.7 Å². The summed E-state index contributed by atoms with van der Waals surface area (Å²) in [5.74, 6) is -1.43. The van der Waals surface area contributed by atoms with Crippen LogP contribution in [-0.2, 0) is 16.0 Å². The normalized spacial score (nSPS) is 11.0. The number of carbonyl (C=O) groups excluding carboxylic acids is 1. The quantitative estimate of drug-likeness (QED) is 0.831. The van der Waals surface area contributed by atoms with Gasteiger partial charge in [-0.3, -0.25) is 9.59 Å². The van der Waals surface area contributed by atoms with Crippen LogP contribution in [0.1, 0.15) is 19.4 Å². The minimum Gasteiger partial charge on any atom is -0.496 e. The topological polar surface area (TPSA) is 75.6 Å². The number of amides is 1. The number of ether oxygens (including phenoxy) is 1. The molecule has 0 heterocycles. The van der Waals surface area contributed by atoms with E-state index in [0.29, 0.717) is 11.3 Å². The number of carboxylic acids is 1. The van der Waals surface area contributed by atoms with E-state index in [4.69, 9.17) is 9.84 Å². The maximum atomic E-state index is 13.1. The molecule has 2 N–H and O–H groups in total. The number of rotatable bonds is 6. The first-order valence-electron chi connectivity index (χ1n) is 6.09. The molecule has 0 radical (unpaired) electrons. The van der Waals surface area contributed by atoms with Crippen molar-refractivity contribution in [2.45, 2.75) is 20.3 Å². The van der Waals surface area contributed by atoms with Gasteiger partial charge in [0.05, 0.1) is 18.9 Å². The molecular weight excluding hydrogens is 265 g/mol. The lowest BCUT2D eigenvalue weighted by Gasteiger charge is -2.19. The molecule has 110 valence electrons. The maximum Gasteiger partial charge on any atom is 0.310 e. The molecule has 1 amide bonds. The van der Waals surface area contributed by atoms with Crippen LogP contribution in [-0.4, -0.2) is 30.6 Å². The summed E-state index contributed by atoms with van der Waals surface area (Å²) in [4.78, 5) is 22.7. The van der Waals surface area contributed by atoms with Crippen molar-refractivity contribution >= 4 is 11.9 Å². The molecule has 0 aliphatic rings. The standard InChI is InChI=1S/C14H18FNO4/c1-14(2,13(18)19)8-16-12(17)7-9-6-10(15)4-5-11(9)20-3/h4-6H,7-8H2,1-3H3,(H,16,17)(H,18,19). The van der Waals surface area contributed by atoms with Crippen LogP contribution in [0.4, 0.5) is 4.39 Å². The van der Waals surface area contributed by atoms with E-state index in [-0.39, 0.29) is 18.9 Å². The third kappa shape index (κ3) is 4.22. The predicted octanol–water partition coefficient (Wildman–Crippen LogP) is 1.60. The van der Waals surface area contributed by atoms with Gasteiger partial charge in [0, 0.05) is 12.1 Å². The zero-order valence-corrected chi connectivity index (χ0v) is 11.7. The van der Waals surface area contributed by atoms with Crippen LogP contribution >= 0.6 is 0 Å². The number of halogens is 1. The highest BCUT2D eigenvalue weighted by Gasteiger charge is 2.27. The van der Waals surface area contributed by atoms with Crippen LogP contribution in [0.5, 0.6) is 5.75 Å². The smallest absolute Gasteiger partial charge is 0.310 e. The number of benzene rings is 1. The van der Waals surface area contributed by atoms with E-state index in [1.165, 1.54) is 39.2 Å². The molecule has 0 spiro atoms. The molecule has 6 heteroatoms. The van der Waals surface area contributed by atoms with E-state index in [1.807, 2.05) is 0 Å². The molecule has 0 aliphatic carbocycles. The van der Waals surface area contributed by atoms with E-state index in [2.05, 4.69) is 5.32 Å². The lowest BCUT2D eigenvalue weighted by Crippen LogP contribution is -2.39. The average Bonchev–Trinajstić information content (AvgIpc) is 2.36. The summed E-state index contributed by atoms with van der Waals surface area (Å²) < 4.78 is 18.2. The third-order valence-electron chi connectivity index (χ3n) is 2.90. The molecule has 0 saturated heterocycles. The van der Waals surface area contributed by atoms with Gasteiger partial charge in [0.15, 0.2) is 0 Å². The molecule has 0 unspecified atom stereocenters. The number of hydrogen-bond acceptors (Lipinski definition) is 3. The van der Waals surface area contributed by atoms with Crippen molar-refractivity contribution in [2.24, 2.45) is 5.41 Å². The Kier molecular flexibility index (Phi) is 5.07. The highest BCUT2D eigenvalue weighted by molar-refractivity contribution is 5.81. The molecule has 5 nitrogen and oxygen atoms in total. The van der Waals surface area contributed by atoms with Gasteiger partial charge in [0.25, 0.3) is 0 Å². The second kappa shape index (κ2) is 6.36. The van der Waals surface area contributed by atoms with Gasteiger partial charge in [-0.2, -0.15) is 0 Å². The number of methoxy groups -OCH3 is 1. The Balaban J connectivity index is 2.68. The van der Waals surface area contributed by atoms with Crippen molar-refractivity contribution in [1.82, 2.24) is 5.32 Å². The maximum absolute atomic E-state index is 13.1. The van der Waals surface area contributed by atoms with Crippen LogP contribution in [0.3, 0.4) is 0 Å². The molecule has 0 atom stereocenters. The number of carboxylic acid groups (broad SMARTS) is 1. The lowest BCUT2D eigenvalue weighted by atomic mass is 9.94. The highest BCUT2D eigenvalue weighted by atomic mass is 19.1. The Morgan fingerprint density at radius 2 is 2.05 bits per heavy atom. The van der Waals surface area contributed by atoms with Gasteiger partial charge in [0.2, 0.25) is 5.91 Å². The van der Waals surface area contributed by atoms with Gasteiger partial charge < -0.3 is 15.2 Å². The monoisotopic (exact) mass is 283 g/mol. The van der Waals surface area contributed by atoms with Gasteiger partial charge in [-0.05, 0) is 32.0 Å². The number of nitrogens with one attached hydrogen (secondary N) is 1. The van der Waals surface area contributed by atoms with E-state index in [9.17, 15) is 14.0 Å². The van der Waals surface area contributed by atoms with E-state index >= 15 is 0 Å². The van der Waals surface area contributed by atoms with E-state index < -0.39 is 17.2 Å². The van der Waals surface area contributed by atoms with Gasteiger partial charge in [0.1, 0.15) is 11.6 Å². The lowest BCUT2D eigenvalue weighted by molar-refractivity contribution is -0.146. The molecule has 1 aromatic carbocycles. The zero-order chi connectivity index (χ0) is 15.3. The molecule has 0 saturated carbocycles. The third-order valence-corrected chi connectivity index (χ3v) is 2.90. The molecular formula is C14H18FNO4. The van der Waals surface area contributed by atoms with Crippen LogP contribution in [0.15, 0.2) is 18.2 Å². The number of hydrogen-bond donors (Lipinski definition) is 2. The van der Waals surface area contributed by atoms with Crippen LogP contribution in [0, 0.1) is 11.2 Å². The second-order valence-electron chi connectivity index (χ2n) is 5.10. The molecule has 1 rings (SSSR count). The predicted molar refractivity (Wildman–Crippen MR) is 71.1 cm³/mol. The average molecular weight is 283 g/mol. The summed E-state index contributed by atoms with van der Waals surface area (Å²) in [6.45, 7) is 3.02. The van der Waals surface area contributed by atoms with Crippen molar-refractivity contribution in [3.8, 4) is 5.75 Å². The first-order valence-corrected chi connectivity index (χ1v) is 6.09. The molecule has 0 fully saturated rings. The fourth-order valence-corrected chi connectivity index (χ4v) is 1.52. The second-order valence-corrected chi connectivity index (χ2v) is 5.10. The summed E-state index contributed by atoms with van der Waals surface area (Å²) in [5.41, 5.74) is -0.639. The SMILES string of the molecule is COc1ccc(F)cc1CC(=O)NCC(C)(C)C(=O)O. The van der Waals surface area contributed by atoms with E-state index in [0.717, 1.165) is 0 Å². The largest absolute Gasteiger partial charge is 0.496 e. The van der Waals surface area contributed by atoms with Gasteiger partial charge in [-0.25, -0.2) is 4.39 Å². The molecule has 1 aromatic rings.